The van der Waals surface area contributed by atoms with Crippen LogP contribution in [0.5, 0.6) is 0 Å². The zero-order valence-corrected chi connectivity index (χ0v) is 16.8. The summed E-state index contributed by atoms with van der Waals surface area (Å²) >= 11 is 1.74. The summed E-state index contributed by atoms with van der Waals surface area (Å²) in [5.74, 6) is 4.12. The minimum atomic E-state index is 0.301. The molecule has 3 fully saturated rings. The van der Waals surface area contributed by atoms with E-state index in [9.17, 15) is 4.79 Å². The van der Waals surface area contributed by atoms with Crippen LogP contribution in [0.25, 0.3) is 0 Å². The second-order valence-electron chi connectivity index (χ2n) is 8.49. The molecule has 4 rings (SSSR count). The number of carbonyl (C=O) groups is 1. The Bertz CT molecular complexity index is 699. The molecule has 4 heteroatoms. The van der Waals surface area contributed by atoms with E-state index in [1.807, 2.05) is 11.0 Å². The maximum absolute atomic E-state index is 13.1. The second-order valence-corrected chi connectivity index (χ2v) is 9.56. The van der Waals surface area contributed by atoms with Crippen LogP contribution < -0.4 is 0 Å². The van der Waals surface area contributed by atoms with Crippen molar-refractivity contribution >= 4 is 28.5 Å². The minimum absolute atomic E-state index is 0.301. The Balaban J connectivity index is 1.52. The Morgan fingerprint density at radius 2 is 2.12 bits per heavy atom. The summed E-state index contributed by atoms with van der Waals surface area (Å²) in [4.78, 5) is 20.0. The predicted octanol–water partition coefficient (Wildman–Crippen LogP) is 5.59. The van der Waals surface area contributed by atoms with Crippen LogP contribution >= 0.6 is 11.8 Å². The number of amides is 1. The number of nitrogens with zero attached hydrogens (tertiary/aromatic N) is 2. The van der Waals surface area contributed by atoms with E-state index in [2.05, 4.69) is 32.0 Å². The van der Waals surface area contributed by atoms with Gasteiger partial charge >= 0.3 is 0 Å². The summed E-state index contributed by atoms with van der Waals surface area (Å²) in [5, 5.41) is 0.914. The molecule has 3 nitrogen and oxygen atoms in total. The first-order chi connectivity index (χ1) is 12.6. The van der Waals surface area contributed by atoms with Gasteiger partial charge in [0.1, 0.15) is 0 Å². The molecule has 0 N–H and O–H groups in total. The molecule has 2 bridgehead atoms. The van der Waals surface area contributed by atoms with Crippen LogP contribution in [0, 0.1) is 17.8 Å². The van der Waals surface area contributed by atoms with Crippen molar-refractivity contribution in [3.05, 3.63) is 29.8 Å². The molecule has 2 aliphatic carbocycles. The second kappa shape index (κ2) is 7.75. The Kier molecular flexibility index (Phi) is 5.40. The number of rotatable bonds is 4. The first-order valence-corrected chi connectivity index (χ1v) is 11.2. The van der Waals surface area contributed by atoms with Crippen molar-refractivity contribution in [3.63, 3.8) is 0 Å². The highest BCUT2D eigenvalue weighted by atomic mass is 32.2. The molecule has 26 heavy (non-hydrogen) atoms. The van der Waals surface area contributed by atoms with Crippen molar-refractivity contribution < 1.29 is 4.79 Å². The van der Waals surface area contributed by atoms with Gasteiger partial charge in [-0.05, 0) is 61.0 Å². The van der Waals surface area contributed by atoms with Gasteiger partial charge in [0.15, 0.2) is 5.17 Å². The number of carbonyl (C=O) groups excluding carboxylic acids is 1. The molecule has 1 aromatic carbocycles. The number of hydrogen-bond acceptors (Lipinski definition) is 3. The molecule has 3 aliphatic rings. The molecule has 1 saturated heterocycles. The number of amidine groups is 1. The molecule has 0 aromatic heterocycles. The summed E-state index contributed by atoms with van der Waals surface area (Å²) < 4.78 is 0. The Hall–Kier alpha value is -1.29. The van der Waals surface area contributed by atoms with E-state index in [-0.39, 0.29) is 0 Å². The number of fused-ring (bicyclic) bond motifs is 2. The highest BCUT2D eigenvalue weighted by molar-refractivity contribution is 8.13. The highest BCUT2D eigenvalue weighted by Crippen LogP contribution is 2.49. The predicted molar refractivity (Wildman–Crippen MR) is 110 cm³/mol. The van der Waals surface area contributed by atoms with Gasteiger partial charge in [-0.1, -0.05) is 50.2 Å². The maximum Gasteiger partial charge on any atom is 0.228 e. The van der Waals surface area contributed by atoms with Crippen LogP contribution in [0.2, 0.25) is 0 Å². The maximum atomic E-state index is 13.1. The summed E-state index contributed by atoms with van der Waals surface area (Å²) in [7, 11) is 0. The van der Waals surface area contributed by atoms with Crippen molar-refractivity contribution in [3.8, 4) is 0 Å². The summed E-state index contributed by atoms with van der Waals surface area (Å²) in [6, 6.07) is 8.35. The minimum Gasteiger partial charge on any atom is -0.291 e. The molecule has 1 aromatic rings. The third kappa shape index (κ3) is 3.71. The van der Waals surface area contributed by atoms with Gasteiger partial charge in [0.05, 0.1) is 5.69 Å². The van der Waals surface area contributed by atoms with Crippen molar-refractivity contribution in [2.45, 2.75) is 58.3 Å². The van der Waals surface area contributed by atoms with Gasteiger partial charge in [0.25, 0.3) is 0 Å². The summed E-state index contributed by atoms with van der Waals surface area (Å²) in [5.41, 5.74) is 2.27. The summed E-state index contributed by atoms with van der Waals surface area (Å²) in [6.45, 7) is 5.23. The van der Waals surface area contributed by atoms with Crippen LogP contribution in [-0.2, 0) is 4.79 Å². The highest BCUT2D eigenvalue weighted by Gasteiger charge is 2.41. The van der Waals surface area contributed by atoms with Gasteiger partial charge in [-0.15, -0.1) is 0 Å². The Labute approximate surface area is 161 Å². The van der Waals surface area contributed by atoms with Crippen molar-refractivity contribution in [2.24, 2.45) is 22.7 Å². The number of para-hydroxylation sites is 1. The average molecular weight is 371 g/mol. The monoisotopic (exact) mass is 370 g/mol. The van der Waals surface area contributed by atoms with Crippen molar-refractivity contribution in [2.75, 3.05) is 12.3 Å². The largest absolute Gasteiger partial charge is 0.291 e. The van der Waals surface area contributed by atoms with Crippen LogP contribution in [0.15, 0.2) is 29.3 Å². The lowest BCUT2D eigenvalue weighted by atomic mass is 9.86. The van der Waals surface area contributed by atoms with Gasteiger partial charge in [-0.2, -0.15) is 0 Å². The number of hydrogen-bond donors (Lipinski definition) is 0. The van der Waals surface area contributed by atoms with Crippen LogP contribution in [0.3, 0.4) is 0 Å². The van der Waals surface area contributed by atoms with E-state index >= 15 is 0 Å². The van der Waals surface area contributed by atoms with Crippen LogP contribution in [-0.4, -0.2) is 28.3 Å². The van der Waals surface area contributed by atoms with Crippen molar-refractivity contribution in [1.82, 2.24) is 4.90 Å². The van der Waals surface area contributed by atoms with E-state index in [0.29, 0.717) is 17.7 Å². The number of benzene rings is 1. The van der Waals surface area contributed by atoms with Gasteiger partial charge < -0.3 is 0 Å². The van der Waals surface area contributed by atoms with Crippen molar-refractivity contribution in [1.29, 1.82) is 0 Å². The molecule has 0 spiro atoms. The zero-order chi connectivity index (χ0) is 18.1. The van der Waals surface area contributed by atoms with Gasteiger partial charge in [0.2, 0.25) is 5.91 Å². The van der Waals surface area contributed by atoms with E-state index in [1.165, 1.54) is 31.2 Å². The fourth-order valence-corrected chi connectivity index (χ4v) is 5.99. The van der Waals surface area contributed by atoms with Gasteiger partial charge in [-0.25, -0.2) is 4.99 Å². The molecular formula is C22H30N2OS. The van der Waals surface area contributed by atoms with Gasteiger partial charge in [-0.3, -0.25) is 9.69 Å². The molecule has 2 saturated carbocycles. The standard InChI is InChI=1S/C22H30N2OS/c1-15(2)19-6-3-4-7-20(19)23-22-24(10-5-11-26-22)21(25)14-18-13-16-8-9-17(18)12-16/h3-4,6-7,15-18H,5,8-14H2,1-2H3/t16-,17+,18+/m0/s1. The molecule has 1 heterocycles. The lowest BCUT2D eigenvalue weighted by Gasteiger charge is -2.30. The van der Waals surface area contributed by atoms with E-state index < -0.39 is 0 Å². The van der Waals surface area contributed by atoms with Crippen LogP contribution in [0.1, 0.15) is 63.9 Å². The summed E-state index contributed by atoms with van der Waals surface area (Å²) in [6.07, 6.45) is 7.19. The molecular weight excluding hydrogens is 340 g/mol. The third-order valence-corrected chi connectivity index (χ3v) is 7.45. The van der Waals surface area contributed by atoms with Crippen LogP contribution in [0.4, 0.5) is 5.69 Å². The lowest BCUT2D eigenvalue weighted by molar-refractivity contribution is -0.128. The number of thioether (sulfide) groups is 1. The first kappa shape index (κ1) is 18.1. The molecule has 0 unspecified atom stereocenters. The first-order valence-electron chi connectivity index (χ1n) is 10.2. The smallest absolute Gasteiger partial charge is 0.228 e. The quantitative estimate of drug-likeness (QED) is 0.692. The SMILES string of the molecule is CC(C)c1ccccc1N=C1SCCCN1C(=O)C[C@H]1C[C@H]2CC[C@@H]1C2. The topological polar surface area (TPSA) is 32.7 Å². The van der Waals surface area contributed by atoms with E-state index in [1.54, 1.807) is 11.8 Å². The fourth-order valence-electron chi connectivity index (χ4n) is 5.03. The average Bonchev–Trinajstić information content (AvgIpc) is 3.25. The fraction of sp³-hybridized carbons (Fsp3) is 0.636. The van der Waals surface area contributed by atoms with E-state index in [0.717, 1.165) is 47.8 Å². The lowest BCUT2D eigenvalue weighted by Crippen LogP contribution is -2.40. The van der Waals surface area contributed by atoms with E-state index in [4.69, 9.17) is 4.99 Å². The Morgan fingerprint density at radius 3 is 2.85 bits per heavy atom. The number of aliphatic imine (C=N–C) groups is 1. The molecule has 1 aliphatic heterocycles. The third-order valence-electron chi connectivity index (χ3n) is 6.39. The molecule has 140 valence electrons. The zero-order valence-electron chi connectivity index (χ0n) is 16.0. The Morgan fingerprint density at radius 1 is 1.27 bits per heavy atom. The molecule has 0 radical (unpaired) electrons. The van der Waals surface area contributed by atoms with Gasteiger partial charge in [0, 0.05) is 18.7 Å². The molecule has 1 amide bonds. The normalized spacial score (nSPS) is 29.7. The molecule has 3 atom stereocenters.